The van der Waals surface area contributed by atoms with Gasteiger partial charge in [-0.05, 0) is 42.6 Å². The van der Waals surface area contributed by atoms with Gasteiger partial charge in [0.25, 0.3) is 5.91 Å². The maximum atomic E-state index is 12.9. The van der Waals surface area contributed by atoms with E-state index >= 15 is 0 Å². The summed E-state index contributed by atoms with van der Waals surface area (Å²) in [6, 6.07) is 22.0. The van der Waals surface area contributed by atoms with Gasteiger partial charge < -0.3 is 19.3 Å². The minimum Gasteiger partial charge on any atom is -0.497 e. The predicted octanol–water partition coefficient (Wildman–Crippen LogP) is 3.96. The summed E-state index contributed by atoms with van der Waals surface area (Å²) in [4.78, 5) is 17.1. The van der Waals surface area contributed by atoms with E-state index in [9.17, 15) is 4.79 Å². The number of amides is 1. The highest BCUT2D eigenvalue weighted by molar-refractivity contribution is 5.89. The molecule has 1 fully saturated rings. The number of methoxy groups -OCH3 is 1. The van der Waals surface area contributed by atoms with Crippen LogP contribution in [0.4, 0.5) is 5.69 Å². The van der Waals surface area contributed by atoms with E-state index in [1.54, 1.807) is 7.11 Å². The zero-order valence-electron chi connectivity index (χ0n) is 16.9. The first kappa shape index (κ1) is 19.1. The Balaban J connectivity index is 1.37. The Hall–Kier alpha value is -3.21. The van der Waals surface area contributed by atoms with Crippen LogP contribution in [0.2, 0.25) is 0 Å². The fourth-order valence-corrected chi connectivity index (χ4v) is 3.77. The molecule has 0 unspecified atom stereocenters. The molecule has 0 saturated carbocycles. The number of fused-ring (bicyclic) bond motifs is 1. The van der Waals surface area contributed by atoms with Gasteiger partial charge in [0.05, 0.1) is 7.11 Å². The number of nitrogens with zero attached hydrogens (tertiary/aromatic N) is 2. The van der Waals surface area contributed by atoms with Crippen molar-refractivity contribution >= 4 is 22.4 Å². The summed E-state index contributed by atoms with van der Waals surface area (Å²) < 4.78 is 11.3. The molecule has 4 rings (SSSR count). The molecule has 0 radical (unpaired) electrons. The summed E-state index contributed by atoms with van der Waals surface area (Å²) in [5, 5.41) is 2.14. The quantitative estimate of drug-likeness (QED) is 0.661. The number of piperazine rings is 1. The van der Waals surface area contributed by atoms with Gasteiger partial charge >= 0.3 is 0 Å². The van der Waals surface area contributed by atoms with Crippen LogP contribution in [0.5, 0.6) is 11.5 Å². The number of rotatable bonds is 5. The Kier molecular flexibility index (Phi) is 5.56. The van der Waals surface area contributed by atoms with Crippen molar-refractivity contribution in [3.05, 3.63) is 66.7 Å². The smallest absolute Gasteiger partial charge is 0.263 e. The molecule has 0 bridgehead atoms. The van der Waals surface area contributed by atoms with Crippen LogP contribution in [-0.2, 0) is 4.79 Å². The normalized spacial score (nSPS) is 15.2. The fourth-order valence-electron chi connectivity index (χ4n) is 3.77. The second-order valence-electron chi connectivity index (χ2n) is 7.25. The van der Waals surface area contributed by atoms with Gasteiger partial charge in [-0.15, -0.1) is 0 Å². The number of hydrogen-bond acceptors (Lipinski definition) is 4. The Labute approximate surface area is 171 Å². The van der Waals surface area contributed by atoms with Gasteiger partial charge in [0, 0.05) is 37.3 Å². The van der Waals surface area contributed by atoms with Crippen molar-refractivity contribution in [3.63, 3.8) is 0 Å². The third-order valence-electron chi connectivity index (χ3n) is 5.43. The van der Waals surface area contributed by atoms with E-state index in [4.69, 9.17) is 9.47 Å². The summed E-state index contributed by atoms with van der Waals surface area (Å²) in [6.45, 7) is 4.82. The number of carbonyl (C=O) groups is 1. The lowest BCUT2D eigenvalue weighted by atomic mass is 10.1. The number of benzene rings is 3. The Morgan fingerprint density at radius 1 is 0.897 bits per heavy atom. The van der Waals surface area contributed by atoms with E-state index < -0.39 is 6.10 Å². The summed E-state index contributed by atoms with van der Waals surface area (Å²) in [6.07, 6.45) is -0.520. The highest BCUT2D eigenvalue weighted by atomic mass is 16.5. The van der Waals surface area contributed by atoms with E-state index in [0.717, 1.165) is 41.0 Å². The Morgan fingerprint density at radius 2 is 1.59 bits per heavy atom. The number of hydrogen-bond donors (Lipinski definition) is 0. The predicted molar refractivity (Wildman–Crippen MR) is 116 cm³/mol. The lowest BCUT2D eigenvalue weighted by molar-refractivity contribution is -0.138. The van der Waals surface area contributed by atoms with Crippen molar-refractivity contribution in [2.75, 3.05) is 38.2 Å². The summed E-state index contributed by atoms with van der Waals surface area (Å²) in [5.41, 5.74) is 1.15. The molecule has 150 valence electrons. The first-order chi connectivity index (χ1) is 14.2. The Bertz CT molecular complexity index is 974. The number of anilines is 1. The van der Waals surface area contributed by atoms with Gasteiger partial charge in [0.2, 0.25) is 0 Å². The molecular formula is C24H26N2O3. The molecule has 0 aromatic heterocycles. The van der Waals surface area contributed by atoms with Gasteiger partial charge in [-0.1, -0.05) is 36.4 Å². The van der Waals surface area contributed by atoms with Crippen LogP contribution < -0.4 is 14.4 Å². The molecule has 0 aliphatic carbocycles. The van der Waals surface area contributed by atoms with Crippen molar-refractivity contribution in [2.45, 2.75) is 13.0 Å². The molecule has 3 aromatic rings. The molecule has 0 N–H and O–H groups in total. The van der Waals surface area contributed by atoms with Crippen LogP contribution in [0, 0.1) is 0 Å². The van der Waals surface area contributed by atoms with Gasteiger partial charge in [-0.2, -0.15) is 0 Å². The van der Waals surface area contributed by atoms with Crippen LogP contribution in [0.15, 0.2) is 66.7 Å². The lowest BCUT2D eigenvalue weighted by Crippen LogP contribution is -2.52. The zero-order valence-corrected chi connectivity index (χ0v) is 16.9. The first-order valence-corrected chi connectivity index (χ1v) is 9.98. The summed E-state index contributed by atoms with van der Waals surface area (Å²) >= 11 is 0. The second-order valence-corrected chi connectivity index (χ2v) is 7.25. The largest absolute Gasteiger partial charge is 0.497 e. The fraction of sp³-hybridized carbons (Fsp3) is 0.292. The van der Waals surface area contributed by atoms with Crippen molar-refractivity contribution in [2.24, 2.45) is 0 Å². The summed E-state index contributed by atoms with van der Waals surface area (Å²) in [7, 11) is 1.67. The van der Waals surface area contributed by atoms with Crippen molar-refractivity contribution in [1.29, 1.82) is 0 Å². The third kappa shape index (κ3) is 4.14. The molecule has 1 heterocycles. The van der Waals surface area contributed by atoms with Crippen LogP contribution in [0.25, 0.3) is 10.8 Å². The average molecular weight is 390 g/mol. The van der Waals surface area contributed by atoms with E-state index in [0.29, 0.717) is 13.1 Å². The molecule has 5 nitrogen and oxygen atoms in total. The molecule has 1 amide bonds. The monoisotopic (exact) mass is 390 g/mol. The van der Waals surface area contributed by atoms with E-state index in [-0.39, 0.29) is 5.91 Å². The highest BCUT2D eigenvalue weighted by Crippen LogP contribution is 2.26. The minimum absolute atomic E-state index is 0.0346. The molecule has 1 aliphatic heterocycles. The van der Waals surface area contributed by atoms with E-state index in [2.05, 4.69) is 17.0 Å². The first-order valence-electron chi connectivity index (χ1n) is 9.98. The van der Waals surface area contributed by atoms with Gasteiger partial charge in [-0.25, -0.2) is 0 Å². The molecule has 3 aromatic carbocycles. The maximum absolute atomic E-state index is 12.9. The second kappa shape index (κ2) is 8.43. The van der Waals surface area contributed by atoms with Crippen LogP contribution in [0.3, 0.4) is 0 Å². The third-order valence-corrected chi connectivity index (χ3v) is 5.43. The summed E-state index contributed by atoms with van der Waals surface area (Å²) in [5.74, 6) is 1.63. The SMILES string of the molecule is COc1ccc(N2CCN(C(=O)[C@@H](C)Oc3cccc4ccccc34)CC2)cc1. The lowest BCUT2D eigenvalue weighted by Gasteiger charge is -2.37. The molecule has 1 atom stereocenters. The average Bonchev–Trinajstić information content (AvgIpc) is 2.79. The van der Waals surface area contributed by atoms with Gasteiger partial charge in [0.15, 0.2) is 6.10 Å². The highest BCUT2D eigenvalue weighted by Gasteiger charge is 2.26. The minimum atomic E-state index is -0.520. The van der Waals surface area contributed by atoms with Crippen LogP contribution >= 0.6 is 0 Å². The molecule has 5 heteroatoms. The van der Waals surface area contributed by atoms with E-state index in [1.807, 2.05) is 66.4 Å². The topological polar surface area (TPSA) is 42.0 Å². The van der Waals surface area contributed by atoms with Crippen molar-refractivity contribution in [3.8, 4) is 11.5 Å². The molecule has 0 spiro atoms. The van der Waals surface area contributed by atoms with Crippen molar-refractivity contribution < 1.29 is 14.3 Å². The Morgan fingerprint density at radius 3 is 2.31 bits per heavy atom. The number of carbonyl (C=O) groups excluding carboxylic acids is 1. The van der Waals surface area contributed by atoms with Crippen molar-refractivity contribution in [1.82, 2.24) is 4.90 Å². The number of ether oxygens (including phenoxy) is 2. The molecule has 29 heavy (non-hydrogen) atoms. The van der Waals surface area contributed by atoms with Gasteiger partial charge in [-0.3, -0.25) is 4.79 Å². The van der Waals surface area contributed by atoms with Crippen LogP contribution in [0.1, 0.15) is 6.92 Å². The maximum Gasteiger partial charge on any atom is 0.263 e. The molecular weight excluding hydrogens is 364 g/mol. The van der Waals surface area contributed by atoms with Crippen LogP contribution in [-0.4, -0.2) is 50.2 Å². The van der Waals surface area contributed by atoms with Gasteiger partial charge in [0.1, 0.15) is 11.5 Å². The zero-order chi connectivity index (χ0) is 20.2. The molecule has 1 aliphatic rings. The standard InChI is InChI=1S/C24H26N2O3/c1-18(29-23-9-5-7-19-6-3-4-8-22(19)23)24(27)26-16-14-25(15-17-26)20-10-12-21(28-2)13-11-20/h3-13,18H,14-17H2,1-2H3/t18-/m1/s1. The molecule has 1 saturated heterocycles. The van der Waals surface area contributed by atoms with E-state index in [1.165, 1.54) is 0 Å².